The highest BCUT2D eigenvalue weighted by Gasteiger charge is 2.14. The Bertz CT molecular complexity index is 639. The molecule has 2 rings (SSSR count). The fourth-order valence-electron chi connectivity index (χ4n) is 2.25. The van der Waals surface area contributed by atoms with Crippen molar-refractivity contribution in [2.45, 2.75) is 19.9 Å². The van der Waals surface area contributed by atoms with Crippen LogP contribution < -0.4 is 10.2 Å². The molecule has 2 nitrogen and oxygen atoms in total. The van der Waals surface area contributed by atoms with E-state index in [-0.39, 0.29) is 6.04 Å². The van der Waals surface area contributed by atoms with Crippen molar-refractivity contribution in [1.82, 2.24) is 0 Å². The smallest absolute Gasteiger partial charge is 0.164 e. The van der Waals surface area contributed by atoms with E-state index >= 15 is 0 Å². The van der Waals surface area contributed by atoms with Crippen LogP contribution in [0.4, 0.5) is 20.2 Å². The van der Waals surface area contributed by atoms with Crippen molar-refractivity contribution in [3.63, 3.8) is 0 Å². The molecule has 1 N–H and O–H groups in total. The molecule has 0 radical (unpaired) electrons. The number of rotatable bonds is 4. The monoisotopic (exact) mass is 290 g/mol. The summed E-state index contributed by atoms with van der Waals surface area (Å²) in [7, 11) is 3.96. The molecule has 0 bridgehead atoms. The molecule has 4 heteroatoms. The lowest BCUT2D eigenvalue weighted by Gasteiger charge is -2.20. The predicted molar refractivity (Wildman–Crippen MR) is 83.9 cm³/mol. The van der Waals surface area contributed by atoms with Crippen LogP contribution in [0.1, 0.15) is 24.1 Å². The number of aryl methyl sites for hydroxylation is 1. The van der Waals surface area contributed by atoms with Crippen LogP contribution in [-0.4, -0.2) is 14.1 Å². The first-order chi connectivity index (χ1) is 9.90. The molecule has 0 saturated carbocycles. The molecule has 0 amide bonds. The van der Waals surface area contributed by atoms with Crippen LogP contribution in [0.15, 0.2) is 36.4 Å². The predicted octanol–water partition coefficient (Wildman–Crippen LogP) is 4.51. The highest BCUT2D eigenvalue weighted by atomic mass is 19.2. The Kier molecular flexibility index (Phi) is 4.46. The number of halogens is 2. The van der Waals surface area contributed by atoms with E-state index in [4.69, 9.17) is 0 Å². The molecule has 1 atom stereocenters. The van der Waals surface area contributed by atoms with Gasteiger partial charge in [-0.1, -0.05) is 12.1 Å². The highest BCUT2D eigenvalue weighted by molar-refractivity contribution is 5.60. The Morgan fingerprint density at radius 3 is 2.43 bits per heavy atom. The fourth-order valence-corrected chi connectivity index (χ4v) is 2.25. The van der Waals surface area contributed by atoms with Gasteiger partial charge in [-0.05, 0) is 43.7 Å². The molecule has 21 heavy (non-hydrogen) atoms. The summed E-state index contributed by atoms with van der Waals surface area (Å²) in [5, 5.41) is 3.24. The van der Waals surface area contributed by atoms with Crippen LogP contribution in [0.3, 0.4) is 0 Å². The molecule has 0 aliphatic heterocycles. The molecular weight excluding hydrogens is 270 g/mol. The van der Waals surface area contributed by atoms with Crippen LogP contribution >= 0.6 is 0 Å². The minimum atomic E-state index is -0.819. The van der Waals surface area contributed by atoms with Crippen molar-refractivity contribution in [2.75, 3.05) is 24.3 Å². The van der Waals surface area contributed by atoms with E-state index in [1.54, 1.807) is 6.07 Å². The first kappa shape index (κ1) is 15.3. The fraction of sp³-hybridized carbons (Fsp3) is 0.294. The topological polar surface area (TPSA) is 15.3 Å². The number of nitrogens with one attached hydrogen (secondary N) is 1. The minimum Gasteiger partial charge on any atom is -0.378 e. The lowest BCUT2D eigenvalue weighted by atomic mass is 10.1. The summed E-state index contributed by atoms with van der Waals surface area (Å²) in [6.45, 7) is 3.81. The van der Waals surface area contributed by atoms with Gasteiger partial charge in [0.1, 0.15) is 0 Å². The van der Waals surface area contributed by atoms with Crippen molar-refractivity contribution >= 4 is 11.4 Å². The molecule has 0 heterocycles. The maximum Gasteiger partial charge on any atom is 0.164 e. The molecule has 0 fully saturated rings. The highest BCUT2D eigenvalue weighted by Crippen LogP contribution is 2.27. The van der Waals surface area contributed by atoms with E-state index in [2.05, 4.69) is 11.4 Å². The van der Waals surface area contributed by atoms with Crippen LogP contribution in [-0.2, 0) is 0 Å². The Morgan fingerprint density at radius 2 is 1.81 bits per heavy atom. The number of benzene rings is 2. The quantitative estimate of drug-likeness (QED) is 0.891. The SMILES string of the molecule is Cc1cc(N(C)C)ccc1NC(C)c1cccc(F)c1F. The van der Waals surface area contributed by atoms with E-state index in [1.165, 1.54) is 6.07 Å². The van der Waals surface area contributed by atoms with Gasteiger partial charge in [-0.25, -0.2) is 8.78 Å². The standard InChI is InChI=1S/C17H20F2N2/c1-11-10-13(21(3)4)8-9-16(11)20-12(2)14-6-5-7-15(18)17(14)19/h5-10,12,20H,1-4H3. The second kappa shape index (κ2) is 6.12. The summed E-state index contributed by atoms with van der Waals surface area (Å²) in [5.41, 5.74) is 3.40. The Balaban J connectivity index is 2.23. The van der Waals surface area contributed by atoms with Crippen molar-refractivity contribution < 1.29 is 8.78 Å². The minimum absolute atomic E-state index is 0.315. The second-order valence-corrected chi connectivity index (χ2v) is 5.40. The number of hydrogen-bond donors (Lipinski definition) is 1. The third-order valence-corrected chi connectivity index (χ3v) is 3.55. The van der Waals surface area contributed by atoms with Crippen molar-refractivity contribution in [2.24, 2.45) is 0 Å². The molecule has 112 valence electrons. The summed E-state index contributed by atoms with van der Waals surface area (Å²) in [6.07, 6.45) is 0. The Hall–Kier alpha value is -2.10. The summed E-state index contributed by atoms with van der Waals surface area (Å²) in [6, 6.07) is 9.93. The summed E-state index contributed by atoms with van der Waals surface area (Å²) in [5.74, 6) is -1.61. The second-order valence-electron chi connectivity index (χ2n) is 5.40. The van der Waals surface area contributed by atoms with E-state index in [0.29, 0.717) is 5.56 Å². The van der Waals surface area contributed by atoms with Crippen LogP contribution in [0.25, 0.3) is 0 Å². The average Bonchev–Trinajstić information content (AvgIpc) is 2.43. The van der Waals surface area contributed by atoms with Gasteiger partial charge >= 0.3 is 0 Å². The zero-order chi connectivity index (χ0) is 15.6. The summed E-state index contributed by atoms with van der Waals surface area (Å²) >= 11 is 0. The van der Waals surface area contributed by atoms with Gasteiger partial charge in [-0.3, -0.25) is 0 Å². The normalized spacial score (nSPS) is 12.1. The maximum absolute atomic E-state index is 13.8. The summed E-state index contributed by atoms with van der Waals surface area (Å²) in [4.78, 5) is 2.02. The van der Waals surface area contributed by atoms with E-state index in [0.717, 1.165) is 23.0 Å². The van der Waals surface area contributed by atoms with E-state index in [9.17, 15) is 8.78 Å². The summed E-state index contributed by atoms with van der Waals surface area (Å²) < 4.78 is 27.1. The van der Waals surface area contributed by atoms with Crippen LogP contribution in [0, 0.1) is 18.6 Å². The number of hydrogen-bond acceptors (Lipinski definition) is 2. The van der Waals surface area contributed by atoms with Crippen molar-refractivity contribution in [3.8, 4) is 0 Å². The zero-order valence-corrected chi connectivity index (χ0v) is 12.7. The van der Waals surface area contributed by atoms with Gasteiger partial charge < -0.3 is 10.2 Å². The van der Waals surface area contributed by atoms with E-state index in [1.807, 2.05) is 45.0 Å². The first-order valence-corrected chi connectivity index (χ1v) is 6.88. The molecular formula is C17H20F2N2. The third kappa shape index (κ3) is 3.32. The molecule has 0 saturated heterocycles. The average molecular weight is 290 g/mol. The maximum atomic E-state index is 13.8. The van der Waals surface area contributed by atoms with Gasteiger partial charge in [0.2, 0.25) is 0 Å². The van der Waals surface area contributed by atoms with Gasteiger partial charge in [-0.15, -0.1) is 0 Å². The van der Waals surface area contributed by atoms with Crippen molar-refractivity contribution in [3.05, 3.63) is 59.2 Å². The van der Waals surface area contributed by atoms with Crippen LogP contribution in [0.2, 0.25) is 0 Å². The number of anilines is 2. The number of nitrogens with zero attached hydrogens (tertiary/aromatic N) is 1. The van der Waals surface area contributed by atoms with Gasteiger partial charge in [0, 0.05) is 31.0 Å². The molecule has 0 spiro atoms. The van der Waals surface area contributed by atoms with E-state index < -0.39 is 11.6 Å². The molecule has 2 aromatic rings. The largest absolute Gasteiger partial charge is 0.378 e. The molecule has 1 unspecified atom stereocenters. The Labute approximate surface area is 124 Å². The first-order valence-electron chi connectivity index (χ1n) is 6.88. The third-order valence-electron chi connectivity index (χ3n) is 3.55. The van der Waals surface area contributed by atoms with Gasteiger partial charge in [-0.2, -0.15) is 0 Å². The zero-order valence-electron chi connectivity index (χ0n) is 12.7. The molecule has 0 aliphatic rings. The van der Waals surface area contributed by atoms with Gasteiger partial charge in [0.15, 0.2) is 11.6 Å². The lowest BCUT2D eigenvalue weighted by Crippen LogP contribution is -2.12. The van der Waals surface area contributed by atoms with Crippen LogP contribution in [0.5, 0.6) is 0 Å². The lowest BCUT2D eigenvalue weighted by molar-refractivity contribution is 0.494. The van der Waals surface area contributed by atoms with Gasteiger partial charge in [0.25, 0.3) is 0 Å². The van der Waals surface area contributed by atoms with Crippen molar-refractivity contribution in [1.29, 1.82) is 0 Å². The molecule has 2 aromatic carbocycles. The Morgan fingerprint density at radius 1 is 1.10 bits per heavy atom. The molecule has 0 aromatic heterocycles. The van der Waals surface area contributed by atoms with Gasteiger partial charge in [0.05, 0.1) is 6.04 Å². The molecule has 0 aliphatic carbocycles.